The van der Waals surface area contributed by atoms with Crippen LogP contribution in [0.3, 0.4) is 0 Å². The van der Waals surface area contributed by atoms with E-state index in [0.717, 1.165) is 11.3 Å². The second-order valence-corrected chi connectivity index (χ2v) is 2.08. The van der Waals surface area contributed by atoms with Crippen molar-refractivity contribution in [2.45, 2.75) is 5.88 Å². The number of rotatable bonds is 1. The fraction of sp³-hybridized carbons (Fsp3) is 0.125. The Labute approximate surface area is 65.0 Å². The Bertz CT molecular complexity index is 262. The minimum absolute atomic E-state index is 0.412. The highest BCUT2D eigenvalue weighted by molar-refractivity contribution is 6.16. The van der Waals surface area contributed by atoms with Crippen molar-refractivity contribution in [2.24, 2.45) is 0 Å². The van der Waals surface area contributed by atoms with Gasteiger partial charge in [-0.3, -0.25) is 4.98 Å². The van der Waals surface area contributed by atoms with Gasteiger partial charge in [-0.2, -0.15) is 0 Å². The van der Waals surface area contributed by atoms with Crippen molar-refractivity contribution in [3.05, 3.63) is 29.6 Å². The second-order valence-electron chi connectivity index (χ2n) is 1.81. The summed E-state index contributed by atoms with van der Waals surface area (Å²) in [6.45, 7) is 0. The van der Waals surface area contributed by atoms with Gasteiger partial charge in [-0.05, 0) is 12.1 Å². The average molecular weight is 152 g/mol. The summed E-state index contributed by atoms with van der Waals surface area (Å²) in [5, 5.41) is 0. The van der Waals surface area contributed by atoms with E-state index in [1.165, 1.54) is 0 Å². The van der Waals surface area contributed by atoms with Crippen LogP contribution in [0, 0.1) is 12.3 Å². The molecule has 0 amide bonds. The van der Waals surface area contributed by atoms with Crippen LogP contribution in [0.15, 0.2) is 18.3 Å². The molecule has 0 saturated heterocycles. The van der Waals surface area contributed by atoms with Crippen LogP contribution in [0.1, 0.15) is 11.3 Å². The SMILES string of the molecule is C#Cc1ccnc(CCl)c1. The van der Waals surface area contributed by atoms with E-state index in [4.69, 9.17) is 18.0 Å². The molecule has 1 nitrogen and oxygen atoms in total. The van der Waals surface area contributed by atoms with Gasteiger partial charge in [-0.15, -0.1) is 18.0 Å². The zero-order chi connectivity index (χ0) is 7.40. The third kappa shape index (κ3) is 1.49. The standard InChI is InChI=1S/C8H6ClN/c1-2-7-3-4-10-8(5-7)6-9/h1,3-5H,6H2. The molecule has 10 heavy (non-hydrogen) atoms. The Morgan fingerprint density at radius 3 is 3.10 bits per heavy atom. The molecule has 0 aliphatic rings. The predicted octanol–water partition coefficient (Wildman–Crippen LogP) is 1.80. The number of nitrogens with zero attached hydrogens (tertiary/aromatic N) is 1. The van der Waals surface area contributed by atoms with Crippen molar-refractivity contribution in [1.29, 1.82) is 0 Å². The highest BCUT2D eigenvalue weighted by atomic mass is 35.5. The quantitative estimate of drug-likeness (QED) is 0.441. The van der Waals surface area contributed by atoms with E-state index in [-0.39, 0.29) is 0 Å². The maximum absolute atomic E-state index is 5.52. The molecule has 0 fully saturated rings. The Kier molecular flexibility index (Phi) is 2.30. The summed E-state index contributed by atoms with van der Waals surface area (Å²) in [5.74, 6) is 2.92. The van der Waals surface area contributed by atoms with Gasteiger partial charge >= 0.3 is 0 Å². The molecule has 1 heterocycles. The van der Waals surface area contributed by atoms with E-state index >= 15 is 0 Å². The van der Waals surface area contributed by atoms with Gasteiger partial charge in [0.1, 0.15) is 0 Å². The van der Waals surface area contributed by atoms with Crippen LogP contribution in [-0.4, -0.2) is 4.98 Å². The molecule has 1 rings (SSSR count). The Morgan fingerprint density at radius 1 is 1.70 bits per heavy atom. The van der Waals surface area contributed by atoms with Gasteiger partial charge in [0.15, 0.2) is 0 Å². The number of halogens is 1. The second kappa shape index (κ2) is 3.24. The lowest BCUT2D eigenvalue weighted by Gasteiger charge is -1.92. The van der Waals surface area contributed by atoms with Crippen molar-refractivity contribution in [2.75, 3.05) is 0 Å². The van der Waals surface area contributed by atoms with Crippen LogP contribution in [-0.2, 0) is 5.88 Å². The minimum Gasteiger partial charge on any atom is -0.260 e. The normalized spacial score (nSPS) is 8.80. The summed E-state index contributed by atoms with van der Waals surface area (Å²) in [7, 11) is 0. The summed E-state index contributed by atoms with van der Waals surface area (Å²) in [5.41, 5.74) is 1.64. The van der Waals surface area contributed by atoms with Gasteiger partial charge in [0.25, 0.3) is 0 Å². The number of pyridine rings is 1. The third-order valence-corrected chi connectivity index (χ3v) is 1.39. The molecule has 2 heteroatoms. The van der Waals surface area contributed by atoms with E-state index < -0.39 is 0 Å². The van der Waals surface area contributed by atoms with Gasteiger partial charge in [0, 0.05) is 11.8 Å². The van der Waals surface area contributed by atoms with Gasteiger partial charge in [-0.25, -0.2) is 0 Å². The van der Waals surface area contributed by atoms with Crippen LogP contribution in [0.5, 0.6) is 0 Å². The molecule has 1 aromatic rings. The Hall–Kier alpha value is -1.00. The first-order chi connectivity index (χ1) is 4.86. The number of hydrogen-bond acceptors (Lipinski definition) is 1. The first kappa shape index (κ1) is 7.11. The molecule has 0 radical (unpaired) electrons. The maximum Gasteiger partial charge on any atom is 0.0647 e. The van der Waals surface area contributed by atoms with E-state index in [0.29, 0.717) is 5.88 Å². The average Bonchev–Trinajstić information content (AvgIpc) is 2.05. The third-order valence-electron chi connectivity index (χ3n) is 1.12. The monoisotopic (exact) mass is 151 g/mol. The van der Waals surface area contributed by atoms with Crippen molar-refractivity contribution in [3.63, 3.8) is 0 Å². The van der Waals surface area contributed by atoms with Crippen molar-refractivity contribution >= 4 is 11.6 Å². The van der Waals surface area contributed by atoms with Crippen molar-refractivity contribution in [1.82, 2.24) is 4.98 Å². The molecule has 0 atom stereocenters. The molecular weight excluding hydrogens is 146 g/mol. The lowest BCUT2D eigenvalue weighted by Crippen LogP contribution is -1.84. The minimum atomic E-state index is 0.412. The molecule has 1 aromatic heterocycles. The topological polar surface area (TPSA) is 12.9 Å². The largest absolute Gasteiger partial charge is 0.260 e. The van der Waals surface area contributed by atoms with Crippen LogP contribution in [0.2, 0.25) is 0 Å². The number of terminal acetylenes is 1. The first-order valence-corrected chi connectivity index (χ1v) is 3.38. The van der Waals surface area contributed by atoms with E-state index in [2.05, 4.69) is 10.9 Å². The van der Waals surface area contributed by atoms with Crippen LogP contribution in [0.25, 0.3) is 0 Å². The summed E-state index contributed by atoms with van der Waals surface area (Å²) < 4.78 is 0. The fourth-order valence-corrected chi connectivity index (χ4v) is 0.787. The van der Waals surface area contributed by atoms with E-state index in [9.17, 15) is 0 Å². The molecule has 0 aliphatic carbocycles. The van der Waals surface area contributed by atoms with Crippen LogP contribution < -0.4 is 0 Å². The van der Waals surface area contributed by atoms with Gasteiger partial charge in [0.05, 0.1) is 11.6 Å². The molecule has 0 aliphatic heterocycles. The lowest BCUT2D eigenvalue weighted by molar-refractivity contribution is 1.16. The van der Waals surface area contributed by atoms with E-state index in [1.54, 1.807) is 18.3 Å². The van der Waals surface area contributed by atoms with Crippen LogP contribution >= 0.6 is 11.6 Å². The highest BCUT2D eigenvalue weighted by Gasteiger charge is 1.90. The lowest BCUT2D eigenvalue weighted by atomic mass is 10.2. The first-order valence-electron chi connectivity index (χ1n) is 2.84. The molecular formula is C8H6ClN. The maximum atomic E-state index is 5.52. The fourth-order valence-electron chi connectivity index (χ4n) is 0.641. The van der Waals surface area contributed by atoms with E-state index in [1.807, 2.05) is 0 Å². The van der Waals surface area contributed by atoms with Crippen LogP contribution in [0.4, 0.5) is 0 Å². The summed E-state index contributed by atoms with van der Waals surface area (Å²) in [6, 6.07) is 3.57. The number of aromatic nitrogens is 1. The Balaban J connectivity index is 3.01. The number of alkyl halides is 1. The van der Waals surface area contributed by atoms with Gasteiger partial charge in [0.2, 0.25) is 0 Å². The molecule has 0 bridgehead atoms. The van der Waals surface area contributed by atoms with Crippen molar-refractivity contribution < 1.29 is 0 Å². The van der Waals surface area contributed by atoms with Crippen molar-refractivity contribution in [3.8, 4) is 12.3 Å². The molecule has 0 saturated carbocycles. The molecule has 0 N–H and O–H groups in total. The molecule has 0 unspecified atom stereocenters. The smallest absolute Gasteiger partial charge is 0.0647 e. The highest BCUT2D eigenvalue weighted by Crippen LogP contribution is 2.02. The zero-order valence-electron chi connectivity index (χ0n) is 5.34. The number of hydrogen-bond donors (Lipinski definition) is 0. The molecule has 0 aromatic carbocycles. The van der Waals surface area contributed by atoms with Gasteiger partial charge < -0.3 is 0 Å². The molecule has 50 valence electrons. The summed E-state index contributed by atoms with van der Waals surface area (Å²) in [6.07, 6.45) is 6.81. The van der Waals surface area contributed by atoms with Gasteiger partial charge in [-0.1, -0.05) is 5.92 Å². The Morgan fingerprint density at radius 2 is 2.50 bits per heavy atom. The zero-order valence-corrected chi connectivity index (χ0v) is 6.10. The summed E-state index contributed by atoms with van der Waals surface area (Å²) in [4.78, 5) is 3.98. The predicted molar refractivity (Wildman–Crippen MR) is 41.7 cm³/mol. The summed E-state index contributed by atoms with van der Waals surface area (Å²) >= 11 is 5.52. The molecule has 0 spiro atoms.